The molecule has 36 heavy (non-hydrogen) atoms. The minimum absolute atomic E-state index is 0.0293. The molecule has 0 saturated carbocycles. The molecule has 0 aliphatic carbocycles. The first-order valence-corrected chi connectivity index (χ1v) is 14.7. The standard InChI is InChI=1S/C26H35Cl2N3O4S/c1-5-8-15-29-26(33)23(7-3)30(17-20-13-14-21(27)16-22(20)28)25(32)18-31(36(4,34)35)24-12-10-9-11-19(24)6-2/h9-14,16,23H,5-8,15,17-18H2,1-4H3,(H,29,33)/t23-/m0/s1. The number of halogens is 2. The minimum Gasteiger partial charge on any atom is -0.354 e. The van der Waals surface area contributed by atoms with E-state index >= 15 is 0 Å². The van der Waals surface area contributed by atoms with Gasteiger partial charge in [-0.3, -0.25) is 13.9 Å². The zero-order chi connectivity index (χ0) is 26.9. The monoisotopic (exact) mass is 555 g/mol. The van der Waals surface area contributed by atoms with Crippen LogP contribution in [0.3, 0.4) is 0 Å². The smallest absolute Gasteiger partial charge is 0.244 e. The molecule has 0 saturated heterocycles. The quantitative estimate of drug-likeness (QED) is 0.350. The van der Waals surface area contributed by atoms with E-state index in [1.165, 1.54) is 4.90 Å². The molecule has 0 heterocycles. The van der Waals surface area contributed by atoms with Crippen LogP contribution in [0.25, 0.3) is 0 Å². The van der Waals surface area contributed by atoms with E-state index < -0.39 is 28.5 Å². The van der Waals surface area contributed by atoms with Gasteiger partial charge in [0.2, 0.25) is 21.8 Å². The third-order valence-corrected chi connectivity index (χ3v) is 7.61. The van der Waals surface area contributed by atoms with Gasteiger partial charge in [0.25, 0.3) is 0 Å². The summed E-state index contributed by atoms with van der Waals surface area (Å²) in [6.45, 7) is 5.84. The van der Waals surface area contributed by atoms with Crippen LogP contribution < -0.4 is 9.62 Å². The highest BCUT2D eigenvalue weighted by Gasteiger charge is 2.32. The first-order chi connectivity index (χ1) is 17.0. The van der Waals surface area contributed by atoms with Crippen molar-refractivity contribution in [1.29, 1.82) is 0 Å². The third-order valence-electron chi connectivity index (χ3n) is 5.89. The van der Waals surface area contributed by atoms with Crippen molar-refractivity contribution in [2.45, 2.75) is 59.0 Å². The number of rotatable bonds is 13. The number of nitrogens with zero attached hydrogens (tertiary/aromatic N) is 2. The molecule has 0 bridgehead atoms. The van der Waals surface area contributed by atoms with Crippen LogP contribution in [-0.2, 0) is 32.6 Å². The second-order valence-electron chi connectivity index (χ2n) is 8.58. The van der Waals surface area contributed by atoms with Crippen LogP contribution in [0.5, 0.6) is 0 Å². The Morgan fingerprint density at radius 3 is 2.31 bits per heavy atom. The molecule has 0 radical (unpaired) electrons. The maximum absolute atomic E-state index is 13.8. The number of carbonyl (C=O) groups is 2. The summed E-state index contributed by atoms with van der Waals surface area (Å²) in [6, 6.07) is 11.2. The van der Waals surface area contributed by atoms with Gasteiger partial charge in [-0.05, 0) is 48.6 Å². The van der Waals surface area contributed by atoms with Crippen LogP contribution in [0.15, 0.2) is 42.5 Å². The first-order valence-electron chi connectivity index (χ1n) is 12.1. The Bertz CT molecular complexity index is 1160. The zero-order valence-corrected chi connectivity index (χ0v) is 23.6. The highest BCUT2D eigenvalue weighted by atomic mass is 35.5. The van der Waals surface area contributed by atoms with E-state index in [4.69, 9.17) is 23.2 Å². The van der Waals surface area contributed by atoms with Crippen LogP contribution in [0.2, 0.25) is 10.0 Å². The molecule has 198 valence electrons. The number of carbonyl (C=O) groups excluding carboxylic acids is 2. The van der Waals surface area contributed by atoms with Crippen LogP contribution in [0, 0.1) is 0 Å². The number of anilines is 1. The topological polar surface area (TPSA) is 86.8 Å². The molecule has 7 nitrogen and oxygen atoms in total. The number of benzene rings is 2. The molecule has 0 aliphatic heterocycles. The van der Waals surface area contributed by atoms with Crippen LogP contribution >= 0.6 is 23.2 Å². The van der Waals surface area contributed by atoms with Gasteiger partial charge in [0.15, 0.2) is 0 Å². The predicted octanol–water partition coefficient (Wildman–Crippen LogP) is 5.05. The third kappa shape index (κ3) is 8.11. The van der Waals surface area contributed by atoms with Gasteiger partial charge in [0.05, 0.1) is 11.9 Å². The number of nitrogens with one attached hydrogen (secondary N) is 1. The summed E-state index contributed by atoms with van der Waals surface area (Å²) in [6.07, 6.45) is 3.74. The average molecular weight is 557 g/mol. The fourth-order valence-corrected chi connectivity index (χ4v) is 5.26. The van der Waals surface area contributed by atoms with E-state index in [2.05, 4.69) is 5.32 Å². The number of aryl methyl sites for hydroxylation is 1. The maximum Gasteiger partial charge on any atom is 0.244 e. The zero-order valence-electron chi connectivity index (χ0n) is 21.3. The van der Waals surface area contributed by atoms with Crippen molar-refractivity contribution < 1.29 is 18.0 Å². The predicted molar refractivity (Wildman–Crippen MR) is 147 cm³/mol. The summed E-state index contributed by atoms with van der Waals surface area (Å²) in [5.74, 6) is -0.793. The van der Waals surface area contributed by atoms with Gasteiger partial charge in [-0.15, -0.1) is 0 Å². The molecular weight excluding hydrogens is 521 g/mol. The van der Waals surface area contributed by atoms with E-state index in [1.54, 1.807) is 30.3 Å². The molecule has 0 aromatic heterocycles. The second kappa shape index (κ2) is 13.9. The molecule has 2 aromatic carbocycles. The van der Waals surface area contributed by atoms with E-state index in [-0.39, 0.29) is 12.5 Å². The van der Waals surface area contributed by atoms with Gasteiger partial charge in [0.1, 0.15) is 12.6 Å². The van der Waals surface area contributed by atoms with Crippen molar-refractivity contribution in [3.8, 4) is 0 Å². The summed E-state index contributed by atoms with van der Waals surface area (Å²) in [7, 11) is -3.79. The second-order valence-corrected chi connectivity index (χ2v) is 11.3. The Kier molecular flexibility index (Phi) is 11.5. The van der Waals surface area contributed by atoms with Crippen molar-refractivity contribution in [2.24, 2.45) is 0 Å². The summed E-state index contributed by atoms with van der Waals surface area (Å²) >= 11 is 12.4. The molecule has 1 atom stereocenters. The van der Waals surface area contributed by atoms with E-state index in [0.717, 1.165) is 29.0 Å². The van der Waals surface area contributed by atoms with Crippen LogP contribution in [0.4, 0.5) is 5.69 Å². The lowest BCUT2D eigenvalue weighted by Gasteiger charge is -2.33. The molecule has 2 rings (SSSR count). The van der Waals surface area contributed by atoms with Gasteiger partial charge in [0, 0.05) is 23.1 Å². The number of hydrogen-bond donors (Lipinski definition) is 1. The van der Waals surface area contributed by atoms with Gasteiger partial charge in [-0.1, -0.05) is 74.7 Å². The Labute approximate surface area is 224 Å². The minimum atomic E-state index is -3.79. The summed E-state index contributed by atoms with van der Waals surface area (Å²) < 4.78 is 26.7. The van der Waals surface area contributed by atoms with Crippen molar-refractivity contribution in [3.63, 3.8) is 0 Å². The van der Waals surface area contributed by atoms with Crippen molar-refractivity contribution >= 4 is 50.7 Å². The maximum atomic E-state index is 13.8. The number of sulfonamides is 1. The molecule has 0 spiro atoms. The molecular formula is C26H35Cl2N3O4S. The Balaban J connectivity index is 2.47. The van der Waals surface area contributed by atoms with Gasteiger partial charge in [-0.25, -0.2) is 8.42 Å². The Hall–Kier alpha value is -2.29. The number of amides is 2. The molecule has 0 aliphatic rings. The number of hydrogen-bond acceptors (Lipinski definition) is 4. The summed E-state index contributed by atoms with van der Waals surface area (Å²) in [4.78, 5) is 28.3. The van der Waals surface area contributed by atoms with E-state index in [0.29, 0.717) is 40.7 Å². The first kappa shape index (κ1) is 29.9. The lowest BCUT2D eigenvalue weighted by atomic mass is 10.1. The number of para-hydroxylation sites is 1. The highest BCUT2D eigenvalue weighted by Crippen LogP contribution is 2.26. The molecule has 10 heteroatoms. The fraction of sp³-hybridized carbons (Fsp3) is 0.462. The fourth-order valence-electron chi connectivity index (χ4n) is 3.91. The average Bonchev–Trinajstić information content (AvgIpc) is 2.83. The SMILES string of the molecule is CCCCNC(=O)[C@H](CC)N(Cc1ccc(Cl)cc1Cl)C(=O)CN(c1ccccc1CC)S(C)(=O)=O. The highest BCUT2D eigenvalue weighted by molar-refractivity contribution is 7.92. The van der Waals surface area contributed by atoms with Gasteiger partial charge < -0.3 is 10.2 Å². The summed E-state index contributed by atoms with van der Waals surface area (Å²) in [5, 5.41) is 3.70. The van der Waals surface area contributed by atoms with Crippen molar-refractivity contribution in [3.05, 3.63) is 63.6 Å². The molecule has 2 aromatic rings. The van der Waals surface area contributed by atoms with Gasteiger partial charge >= 0.3 is 0 Å². The summed E-state index contributed by atoms with van der Waals surface area (Å²) in [5.41, 5.74) is 1.85. The van der Waals surface area contributed by atoms with Crippen LogP contribution in [0.1, 0.15) is 51.2 Å². The molecule has 0 unspecified atom stereocenters. The molecule has 1 N–H and O–H groups in total. The Morgan fingerprint density at radius 1 is 1.03 bits per heavy atom. The van der Waals surface area contributed by atoms with Crippen molar-refractivity contribution in [2.75, 3.05) is 23.7 Å². The van der Waals surface area contributed by atoms with Crippen LogP contribution in [-0.4, -0.2) is 50.5 Å². The largest absolute Gasteiger partial charge is 0.354 e. The normalized spacial score (nSPS) is 12.2. The number of unbranched alkanes of at least 4 members (excludes halogenated alkanes) is 1. The van der Waals surface area contributed by atoms with E-state index in [9.17, 15) is 18.0 Å². The molecule has 0 fully saturated rings. The van der Waals surface area contributed by atoms with Gasteiger partial charge in [-0.2, -0.15) is 0 Å². The Morgan fingerprint density at radius 2 is 1.72 bits per heavy atom. The lowest BCUT2D eigenvalue weighted by molar-refractivity contribution is -0.140. The lowest BCUT2D eigenvalue weighted by Crippen LogP contribution is -2.52. The molecule has 2 amide bonds. The van der Waals surface area contributed by atoms with E-state index in [1.807, 2.05) is 32.9 Å². The van der Waals surface area contributed by atoms with Crippen molar-refractivity contribution in [1.82, 2.24) is 10.2 Å².